The third-order valence-corrected chi connectivity index (χ3v) is 3.19. The van der Waals surface area contributed by atoms with E-state index >= 15 is 0 Å². The van der Waals surface area contributed by atoms with Crippen molar-refractivity contribution in [2.75, 3.05) is 5.32 Å². The third-order valence-electron chi connectivity index (χ3n) is 2.59. The van der Waals surface area contributed by atoms with E-state index in [-0.39, 0.29) is 11.1 Å². The minimum atomic E-state index is -0.365. The van der Waals surface area contributed by atoms with Crippen LogP contribution in [0.3, 0.4) is 0 Å². The standard InChI is InChI=1S/C13H11Cl2N3O/c1-7-3-4-16-12(15)11(7)18-13(19)9-6-17-8(2)5-10(9)14/h3-6H,1-2H3,(H,18,19). The van der Waals surface area contributed by atoms with Gasteiger partial charge in [-0.3, -0.25) is 9.78 Å². The van der Waals surface area contributed by atoms with Crippen molar-refractivity contribution in [2.45, 2.75) is 13.8 Å². The molecule has 2 heterocycles. The minimum Gasteiger partial charge on any atom is -0.319 e. The Bertz CT molecular complexity index is 624. The lowest BCUT2D eigenvalue weighted by atomic mass is 10.2. The molecule has 1 N–H and O–H groups in total. The molecule has 0 bridgehead atoms. The predicted octanol–water partition coefficient (Wildman–Crippen LogP) is 3.65. The van der Waals surface area contributed by atoms with Crippen LogP contribution in [0.2, 0.25) is 10.2 Å². The number of carbonyl (C=O) groups is 1. The summed E-state index contributed by atoms with van der Waals surface area (Å²) in [5, 5.41) is 3.29. The van der Waals surface area contributed by atoms with Gasteiger partial charge in [0.25, 0.3) is 5.91 Å². The SMILES string of the molecule is Cc1cc(Cl)c(C(=O)Nc2c(C)ccnc2Cl)cn1. The highest BCUT2D eigenvalue weighted by Crippen LogP contribution is 2.24. The van der Waals surface area contributed by atoms with Gasteiger partial charge in [-0.15, -0.1) is 0 Å². The van der Waals surface area contributed by atoms with Gasteiger partial charge in [-0.05, 0) is 31.5 Å². The van der Waals surface area contributed by atoms with Crippen molar-refractivity contribution in [1.29, 1.82) is 0 Å². The van der Waals surface area contributed by atoms with Crippen LogP contribution in [0, 0.1) is 13.8 Å². The van der Waals surface area contributed by atoms with Gasteiger partial charge in [0.1, 0.15) is 0 Å². The van der Waals surface area contributed by atoms with Crippen LogP contribution in [0.25, 0.3) is 0 Å². The summed E-state index contributed by atoms with van der Waals surface area (Å²) >= 11 is 12.0. The van der Waals surface area contributed by atoms with Crippen LogP contribution in [0.1, 0.15) is 21.6 Å². The number of aryl methyl sites for hydroxylation is 2. The summed E-state index contributed by atoms with van der Waals surface area (Å²) in [4.78, 5) is 20.1. The van der Waals surface area contributed by atoms with Crippen LogP contribution in [-0.4, -0.2) is 15.9 Å². The molecule has 19 heavy (non-hydrogen) atoms. The largest absolute Gasteiger partial charge is 0.319 e. The van der Waals surface area contributed by atoms with Crippen LogP contribution >= 0.6 is 23.2 Å². The normalized spacial score (nSPS) is 10.3. The number of hydrogen-bond donors (Lipinski definition) is 1. The molecule has 1 amide bonds. The van der Waals surface area contributed by atoms with Gasteiger partial charge in [-0.25, -0.2) is 4.98 Å². The highest BCUT2D eigenvalue weighted by molar-refractivity contribution is 6.35. The van der Waals surface area contributed by atoms with Crippen LogP contribution in [0.4, 0.5) is 5.69 Å². The first-order chi connectivity index (χ1) is 8.99. The molecule has 4 nitrogen and oxygen atoms in total. The zero-order valence-electron chi connectivity index (χ0n) is 10.4. The quantitative estimate of drug-likeness (QED) is 0.861. The Labute approximate surface area is 120 Å². The number of halogens is 2. The van der Waals surface area contributed by atoms with Crippen LogP contribution in [-0.2, 0) is 0 Å². The molecule has 0 aliphatic rings. The lowest BCUT2D eigenvalue weighted by Crippen LogP contribution is -2.14. The molecule has 2 aromatic rings. The van der Waals surface area contributed by atoms with Gasteiger partial charge in [-0.1, -0.05) is 23.2 Å². The molecule has 0 spiro atoms. The molecule has 0 saturated carbocycles. The van der Waals surface area contributed by atoms with Crippen molar-refractivity contribution in [3.05, 3.63) is 51.5 Å². The van der Waals surface area contributed by atoms with Gasteiger partial charge in [0.2, 0.25) is 0 Å². The number of amides is 1. The van der Waals surface area contributed by atoms with Crippen LogP contribution in [0.15, 0.2) is 24.5 Å². The van der Waals surface area contributed by atoms with Gasteiger partial charge < -0.3 is 5.32 Å². The highest BCUT2D eigenvalue weighted by atomic mass is 35.5. The third kappa shape index (κ3) is 3.03. The second-order valence-corrected chi connectivity index (χ2v) is 4.82. The summed E-state index contributed by atoms with van der Waals surface area (Å²) < 4.78 is 0. The molecule has 0 unspecified atom stereocenters. The number of nitrogens with one attached hydrogen (secondary N) is 1. The number of aromatic nitrogens is 2. The van der Waals surface area contributed by atoms with Gasteiger partial charge in [0, 0.05) is 18.1 Å². The minimum absolute atomic E-state index is 0.240. The molecule has 0 fully saturated rings. The van der Waals surface area contributed by atoms with E-state index in [0.717, 1.165) is 11.3 Å². The first-order valence-electron chi connectivity index (χ1n) is 5.53. The smallest absolute Gasteiger partial charge is 0.258 e. The maximum Gasteiger partial charge on any atom is 0.258 e. The maximum atomic E-state index is 12.1. The van der Waals surface area contributed by atoms with E-state index in [0.29, 0.717) is 16.3 Å². The predicted molar refractivity (Wildman–Crippen MR) is 75.9 cm³/mol. The van der Waals surface area contributed by atoms with Gasteiger partial charge in [-0.2, -0.15) is 0 Å². The molecule has 0 radical (unpaired) electrons. The molecule has 2 rings (SSSR count). The molecule has 98 valence electrons. The number of hydrogen-bond acceptors (Lipinski definition) is 3. The molecule has 2 aromatic heterocycles. The summed E-state index contributed by atoms with van der Waals surface area (Å²) in [7, 11) is 0. The number of pyridine rings is 2. The molecule has 0 saturated heterocycles. The maximum absolute atomic E-state index is 12.1. The van der Waals surface area contributed by atoms with Crippen molar-refractivity contribution in [3.63, 3.8) is 0 Å². The number of rotatable bonds is 2. The second kappa shape index (κ2) is 5.55. The van der Waals surface area contributed by atoms with Crippen molar-refractivity contribution in [3.8, 4) is 0 Å². The van der Waals surface area contributed by atoms with Crippen molar-refractivity contribution in [1.82, 2.24) is 9.97 Å². The second-order valence-electron chi connectivity index (χ2n) is 4.05. The summed E-state index contributed by atoms with van der Waals surface area (Å²) in [6.45, 7) is 3.63. The van der Waals surface area contributed by atoms with Gasteiger partial charge in [0.15, 0.2) is 5.15 Å². The van der Waals surface area contributed by atoms with E-state index in [1.54, 1.807) is 25.3 Å². The molecular weight excluding hydrogens is 285 g/mol. The number of carbonyl (C=O) groups excluding carboxylic acids is 1. The first kappa shape index (κ1) is 13.8. The molecule has 0 aliphatic carbocycles. The van der Waals surface area contributed by atoms with E-state index in [4.69, 9.17) is 23.2 Å². The summed E-state index contributed by atoms with van der Waals surface area (Å²) in [5.41, 5.74) is 2.35. The van der Waals surface area contributed by atoms with E-state index in [1.165, 1.54) is 6.20 Å². The Morgan fingerprint density at radius 3 is 2.63 bits per heavy atom. The topological polar surface area (TPSA) is 54.9 Å². The fourth-order valence-electron chi connectivity index (χ4n) is 1.55. The Morgan fingerprint density at radius 1 is 1.26 bits per heavy atom. The fourth-order valence-corrected chi connectivity index (χ4v) is 2.09. The fraction of sp³-hybridized carbons (Fsp3) is 0.154. The van der Waals surface area contributed by atoms with Gasteiger partial charge >= 0.3 is 0 Å². The Hall–Kier alpha value is -1.65. The first-order valence-corrected chi connectivity index (χ1v) is 6.29. The molecular formula is C13H11Cl2N3O. The molecule has 0 aliphatic heterocycles. The molecule has 6 heteroatoms. The van der Waals surface area contributed by atoms with Gasteiger partial charge in [0.05, 0.1) is 16.3 Å². The van der Waals surface area contributed by atoms with E-state index in [9.17, 15) is 4.79 Å². The molecule has 0 atom stereocenters. The lowest BCUT2D eigenvalue weighted by molar-refractivity contribution is 0.102. The number of anilines is 1. The summed E-state index contributed by atoms with van der Waals surface area (Å²) in [5.74, 6) is -0.365. The summed E-state index contributed by atoms with van der Waals surface area (Å²) in [6, 6.07) is 3.39. The highest BCUT2D eigenvalue weighted by Gasteiger charge is 2.14. The zero-order valence-corrected chi connectivity index (χ0v) is 11.9. The van der Waals surface area contributed by atoms with E-state index < -0.39 is 0 Å². The Kier molecular flexibility index (Phi) is 4.02. The van der Waals surface area contributed by atoms with E-state index in [2.05, 4.69) is 15.3 Å². The zero-order chi connectivity index (χ0) is 14.0. The van der Waals surface area contributed by atoms with E-state index in [1.807, 2.05) is 6.92 Å². The Balaban J connectivity index is 2.31. The average Bonchev–Trinajstić information content (AvgIpc) is 2.33. The monoisotopic (exact) mass is 295 g/mol. The van der Waals surface area contributed by atoms with Crippen molar-refractivity contribution in [2.24, 2.45) is 0 Å². The Morgan fingerprint density at radius 2 is 2.00 bits per heavy atom. The average molecular weight is 296 g/mol. The van der Waals surface area contributed by atoms with Crippen LogP contribution in [0.5, 0.6) is 0 Å². The van der Waals surface area contributed by atoms with Crippen LogP contribution < -0.4 is 5.32 Å². The molecule has 0 aromatic carbocycles. The lowest BCUT2D eigenvalue weighted by Gasteiger charge is -2.10. The van der Waals surface area contributed by atoms with Crippen molar-refractivity contribution >= 4 is 34.8 Å². The van der Waals surface area contributed by atoms with Crippen molar-refractivity contribution < 1.29 is 4.79 Å². The summed E-state index contributed by atoms with van der Waals surface area (Å²) in [6.07, 6.45) is 3.01. The number of nitrogens with zero attached hydrogens (tertiary/aromatic N) is 2.